The Labute approximate surface area is 170 Å². The zero-order chi connectivity index (χ0) is 18.2. The van der Waals surface area contributed by atoms with Gasteiger partial charge in [0, 0.05) is 12.5 Å². The number of hydrogen-bond donors (Lipinski definition) is 0. The molecule has 4 nitrogen and oxygen atoms in total. The van der Waals surface area contributed by atoms with Gasteiger partial charge in [-0.05, 0) is 12.5 Å². The number of nitrogens with zero attached hydrogens (tertiary/aromatic N) is 2. The number of hydrogen-bond acceptors (Lipinski definition) is 2. The molecule has 5 heteroatoms. The number of allylic oxidation sites excluding steroid dienone is 1. The lowest BCUT2D eigenvalue weighted by Crippen LogP contribution is -3.00. The maximum absolute atomic E-state index is 11.2. The Morgan fingerprint density at radius 3 is 2.08 bits per heavy atom. The molecule has 1 aliphatic rings. The first-order valence-electron chi connectivity index (χ1n) is 10.2. The van der Waals surface area contributed by atoms with E-state index in [1.807, 2.05) is 12.2 Å². The number of amides is 1. The molecule has 1 rings (SSSR count). The van der Waals surface area contributed by atoms with Crippen molar-refractivity contribution >= 4 is 18.0 Å². The molecule has 0 saturated carbocycles. The largest absolute Gasteiger partial charge is 1.00 e. The molecule has 0 fully saturated rings. The summed E-state index contributed by atoms with van der Waals surface area (Å²) in [5.41, 5.74) is 0.772. The first kappa shape index (κ1) is 25.0. The molecule has 1 amide bonds. The van der Waals surface area contributed by atoms with E-state index in [2.05, 4.69) is 27.4 Å². The summed E-state index contributed by atoms with van der Waals surface area (Å²) >= 11 is 0. The van der Waals surface area contributed by atoms with Crippen molar-refractivity contribution in [2.75, 3.05) is 20.2 Å². The van der Waals surface area contributed by atoms with Gasteiger partial charge in [0.1, 0.15) is 12.3 Å². The third-order valence-electron chi connectivity index (χ3n) is 4.66. The molecule has 0 aromatic carbocycles. The fourth-order valence-corrected chi connectivity index (χ4v) is 3.13. The number of unbranched alkanes of at least 4 members (excludes halogenated alkanes) is 11. The molecule has 0 N–H and O–H groups in total. The average molecular weight is 429 g/mol. The molecule has 0 radical (unpaired) electrons. The Hall–Kier alpha value is -0.970. The van der Waals surface area contributed by atoms with E-state index in [9.17, 15) is 4.79 Å². The van der Waals surface area contributed by atoms with Crippen LogP contribution in [0.25, 0.3) is 0 Å². The molecule has 0 saturated heterocycles. The zero-order valence-electron chi connectivity index (χ0n) is 16.7. The van der Waals surface area contributed by atoms with Gasteiger partial charge in [-0.15, -0.1) is 0 Å². The minimum atomic E-state index is -0.521. The fraction of sp³-hybridized carbons (Fsp3) is 0.762. The van der Waals surface area contributed by atoms with Crippen LogP contribution < -0.4 is 17.0 Å². The first-order chi connectivity index (χ1) is 12.3. The smallest absolute Gasteiger partial charge is 0.433 e. The van der Waals surface area contributed by atoms with Crippen molar-refractivity contribution in [3.63, 3.8) is 0 Å². The number of rotatable bonds is 13. The monoisotopic (exact) mass is 428 g/mol. The van der Waals surface area contributed by atoms with Crippen LogP contribution in [0.3, 0.4) is 0 Å². The number of halogens is 1. The molecule has 1 aliphatic heterocycles. The lowest BCUT2D eigenvalue weighted by atomic mass is 10.1. The Morgan fingerprint density at radius 1 is 1.00 bits per heavy atom. The standard InChI is InChI=1S/C21H37N2O2.BrH/c1-3-4-5-6-7-8-9-10-11-12-13-14-17-23-18-15-16-20(19-23)22-21(24)25-2;/h15-16,18H,3-14,17,19H2,1-2H3;1H/q+1;/p-1. The van der Waals surface area contributed by atoms with Crippen molar-refractivity contribution in [1.29, 1.82) is 0 Å². The highest BCUT2D eigenvalue weighted by molar-refractivity contribution is 6.04. The Balaban J connectivity index is 0.00000625. The van der Waals surface area contributed by atoms with Gasteiger partial charge in [0.2, 0.25) is 0 Å². The third kappa shape index (κ3) is 13.3. The molecule has 0 bridgehead atoms. The number of methoxy groups -OCH3 is 1. The van der Waals surface area contributed by atoms with E-state index >= 15 is 0 Å². The van der Waals surface area contributed by atoms with Gasteiger partial charge in [-0.25, -0.2) is 9.37 Å². The highest BCUT2D eigenvalue weighted by Gasteiger charge is 2.12. The normalized spacial score (nSPS) is 14.8. The van der Waals surface area contributed by atoms with Crippen molar-refractivity contribution in [3.05, 3.63) is 12.2 Å². The highest BCUT2D eigenvalue weighted by atomic mass is 79.9. The van der Waals surface area contributed by atoms with Crippen molar-refractivity contribution in [2.45, 2.75) is 84.0 Å². The molecular weight excluding hydrogens is 392 g/mol. The third-order valence-corrected chi connectivity index (χ3v) is 4.66. The second-order valence-corrected chi connectivity index (χ2v) is 6.94. The van der Waals surface area contributed by atoms with Gasteiger partial charge in [0.05, 0.1) is 7.11 Å². The van der Waals surface area contributed by atoms with Crippen LogP contribution in [0.4, 0.5) is 4.79 Å². The van der Waals surface area contributed by atoms with Gasteiger partial charge in [-0.1, -0.05) is 71.1 Å². The Morgan fingerprint density at radius 2 is 1.54 bits per heavy atom. The predicted molar refractivity (Wildman–Crippen MR) is 106 cm³/mol. The van der Waals surface area contributed by atoms with E-state index in [4.69, 9.17) is 0 Å². The average Bonchev–Trinajstić information content (AvgIpc) is 2.63. The lowest BCUT2D eigenvalue weighted by molar-refractivity contribution is -0.508. The minimum absolute atomic E-state index is 0. The summed E-state index contributed by atoms with van der Waals surface area (Å²) < 4.78 is 6.80. The second-order valence-electron chi connectivity index (χ2n) is 6.94. The van der Waals surface area contributed by atoms with Gasteiger partial charge in [-0.2, -0.15) is 4.99 Å². The van der Waals surface area contributed by atoms with Crippen LogP contribution in [0.2, 0.25) is 0 Å². The molecule has 0 aromatic rings. The maximum atomic E-state index is 11.2. The van der Waals surface area contributed by atoms with Crippen LogP contribution >= 0.6 is 0 Å². The van der Waals surface area contributed by atoms with Crippen molar-refractivity contribution in [1.82, 2.24) is 0 Å². The van der Waals surface area contributed by atoms with E-state index in [0.717, 1.165) is 12.3 Å². The Bertz CT molecular complexity index is 459. The molecule has 0 spiro atoms. The Kier molecular flexibility index (Phi) is 16.8. The quantitative estimate of drug-likeness (QED) is 0.334. The summed E-state index contributed by atoms with van der Waals surface area (Å²) in [6, 6.07) is 0. The van der Waals surface area contributed by atoms with Gasteiger partial charge >= 0.3 is 6.09 Å². The summed E-state index contributed by atoms with van der Waals surface area (Å²) in [5, 5.41) is 0. The van der Waals surface area contributed by atoms with Gasteiger partial charge in [0.15, 0.2) is 12.8 Å². The van der Waals surface area contributed by atoms with Crippen molar-refractivity contribution < 1.29 is 31.1 Å². The number of aliphatic imine (C=N–C) groups is 1. The fourth-order valence-electron chi connectivity index (χ4n) is 3.13. The summed E-state index contributed by atoms with van der Waals surface area (Å²) in [4.78, 5) is 15.1. The van der Waals surface area contributed by atoms with Gasteiger partial charge in [-0.3, -0.25) is 0 Å². The van der Waals surface area contributed by atoms with Crippen molar-refractivity contribution in [3.8, 4) is 0 Å². The molecule has 0 aliphatic carbocycles. The SMILES string of the molecule is CCCCCCCCCCCCCC[N+]1=CC=CC(=NC(=O)OC)C1.[Br-]. The van der Waals surface area contributed by atoms with E-state index in [1.54, 1.807) is 0 Å². The lowest BCUT2D eigenvalue weighted by Gasteiger charge is -2.07. The van der Waals surface area contributed by atoms with Crippen LogP contribution in [0.15, 0.2) is 17.1 Å². The predicted octanol–water partition coefficient (Wildman–Crippen LogP) is 2.55. The zero-order valence-corrected chi connectivity index (χ0v) is 18.3. The highest BCUT2D eigenvalue weighted by Crippen LogP contribution is 2.12. The summed E-state index contributed by atoms with van der Waals surface area (Å²) in [6.07, 6.45) is 21.8. The summed E-state index contributed by atoms with van der Waals surface area (Å²) in [7, 11) is 1.36. The molecule has 1 heterocycles. The number of ether oxygens (including phenoxy) is 1. The van der Waals surface area contributed by atoms with Crippen LogP contribution in [-0.2, 0) is 4.74 Å². The maximum Gasteiger partial charge on any atom is 0.433 e. The molecule has 0 unspecified atom stereocenters. The second kappa shape index (κ2) is 17.4. The van der Waals surface area contributed by atoms with E-state index in [0.29, 0.717) is 6.54 Å². The molecule has 150 valence electrons. The van der Waals surface area contributed by atoms with E-state index in [-0.39, 0.29) is 17.0 Å². The number of carbonyl (C=O) groups is 1. The molecular formula is C21H37BrN2O2. The molecule has 26 heavy (non-hydrogen) atoms. The summed E-state index contributed by atoms with van der Waals surface area (Å²) in [5.74, 6) is 0. The van der Waals surface area contributed by atoms with Crippen LogP contribution in [0.5, 0.6) is 0 Å². The van der Waals surface area contributed by atoms with E-state index < -0.39 is 6.09 Å². The first-order valence-corrected chi connectivity index (χ1v) is 10.2. The van der Waals surface area contributed by atoms with Gasteiger partial charge in [0.25, 0.3) is 0 Å². The van der Waals surface area contributed by atoms with Crippen LogP contribution in [0, 0.1) is 0 Å². The summed E-state index contributed by atoms with van der Waals surface area (Å²) in [6.45, 7) is 4.00. The van der Waals surface area contributed by atoms with Crippen molar-refractivity contribution in [2.24, 2.45) is 4.99 Å². The topological polar surface area (TPSA) is 41.7 Å². The molecule has 0 atom stereocenters. The van der Waals surface area contributed by atoms with Crippen LogP contribution in [0.1, 0.15) is 84.0 Å². The van der Waals surface area contributed by atoms with Crippen LogP contribution in [-0.4, -0.2) is 42.8 Å². The molecule has 0 aromatic heterocycles. The number of carbonyl (C=O) groups excluding carboxylic acids is 1. The van der Waals surface area contributed by atoms with Gasteiger partial charge < -0.3 is 21.7 Å². The van der Waals surface area contributed by atoms with E-state index in [1.165, 1.54) is 84.2 Å². The minimum Gasteiger partial charge on any atom is -1.00 e.